The summed E-state index contributed by atoms with van der Waals surface area (Å²) in [6, 6.07) is -0.575. The Hall–Kier alpha value is -1.06. The lowest BCUT2D eigenvalue weighted by Gasteiger charge is -2.59. The molecule has 3 fully saturated rings. The summed E-state index contributed by atoms with van der Waals surface area (Å²) in [4.78, 5) is 10.6. The van der Waals surface area contributed by atoms with Crippen LogP contribution in [-0.2, 0) is 0 Å². The van der Waals surface area contributed by atoms with Crippen LogP contribution in [0.2, 0.25) is 0 Å². The van der Waals surface area contributed by atoms with E-state index in [-0.39, 0.29) is 0 Å². The smallest absolute Gasteiger partial charge is 0.332 e. The quantitative estimate of drug-likeness (QED) is 0.634. The van der Waals surface area contributed by atoms with Gasteiger partial charge in [0.2, 0.25) is 0 Å². The van der Waals surface area contributed by atoms with Crippen molar-refractivity contribution in [1.82, 2.24) is 5.43 Å². The molecular weight excluding hydrogens is 190 g/mol. The number of primary amides is 1. The predicted octanol–water partition coefficient (Wildman–Crippen LogP) is 1.71. The molecule has 2 amide bonds. The fourth-order valence-electron chi connectivity index (χ4n) is 3.36. The molecule has 3 atom stereocenters. The topological polar surface area (TPSA) is 67.5 Å². The fraction of sp³-hybridized carbons (Fsp3) is 0.818. The molecule has 2 bridgehead atoms. The fourth-order valence-corrected chi connectivity index (χ4v) is 3.36. The highest BCUT2D eigenvalue weighted by Gasteiger charge is 2.56. The van der Waals surface area contributed by atoms with Crippen LogP contribution in [-0.4, -0.2) is 11.7 Å². The Balaban J connectivity index is 2.14. The van der Waals surface area contributed by atoms with Gasteiger partial charge in [-0.25, -0.2) is 10.2 Å². The second kappa shape index (κ2) is 3.22. The van der Waals surface area contributed by atoms with Crippen LogP contribution in [0.4, 0.5) is 4.79 Å². The zero-order valence-electron chi connectivity index (χ0n) is 9.58. The summed E-state index contributed by atoms with van der Waals surface area (Å²) in [5.41, 5.74) is 8.83. The summed E-state index contributed by atoms with van der Waals surface area (Å²) in [5.74, 6) is 2.01. The molecule has 0 unspecified atom stereocenters. The van der Waals surface area contributed by atoms with Crippen molar-refractivity contribution in [2.24, 2.45) is 34.0 Å². The number of carbonyl (C=O) groups is 1. The number of hydrogen-bond donors (Lipinski definition) is 2. The molecule has 0 aromatic carbocycles. The third kappa shape index (κ3) is 1.52. The third-order valence-corrected chi connectivity index (χ3v) is 4.27. The maximum atomic E-state index is 10.6. The average molecular weight is 209 g/mol. The Labute approximate surface area is 90.3 Å². The first-order chi connectivity index (χ1) is 6.93. The molecular formula is C11H19N3O. The molecule has 0 aliphatic heterocycles. The van der Waals surface area contributed by atoms with Crippen LogP contribution < -0.4 is 11.2 Å². The lowest BCUT2D eigenvalue weighted by Crippen LogP contribution is -2.56. The van der Waals surface area contributed by atoms with Crippen molar-refractivity contribution < 1.29 is 4.79 Å². The van der Waals surface area contributed by atoms with E-state index in [1.807, 2.05) is 0 Å². The summed E-state index contributed by atoms with van der Waals surface area (Å²) in [6.07, 6.45) is 2.21. The minimum atomic E-state index is -0.575. The molecule has 3 aliphatic carbocycles. The van der Waals surface area contributed by atoms with Gasteiger partial charge in [-0.05, 0) is 30.1 Å². The van der Waals surface area contributed by atoms with E-state index in [0.717, 1.165) is 18.1 Å². The molecule has 0 spiro atoms. The second-order valence-electron chi connectivity index (χ2n) is 5.48. The van der Waals surface area contributed by atoms with Crippen molar-refractivity contribution in [3.63, 3.8) is 0 Å². The van der Waals surface area contributed by atoms with Crippen molar-refractivity contribution in [3.8, 4) is 0 Å². The van der Waals surface area contributed by atoms with Gasteiger partial charge in [0, 0.05) is 11.6 Å². The second-order valence-corrected chi connectivity index (χ2v) is 5.48. The van der Waals surface area contributed by atoms with E-state index in [1.54, 1.807) is 0 Å². The molecule has 0 heterocycles. The molecule has 0 aromatic rings. The van der Waals surface area contributed by atoms with E-state index in [9.17, 15) is 4.79 Å². The number of hydrogen-bond acceptors (Lipinski definition) is 2. The number of hydrazone groups is 1. The Morgan fingerprint density at radius 1 is 1.60 bits per heavy atom. The van der Waals surface area contributed by atoms with Gasteiger partial charge in [0.15, 0.2) is 0 Å². The Morgan fingerprint density at radius 2 is 2.27 bits per heavy atom. The van der Waals surface area contributed by atoms with E-state index >= 15 is 0 Å². The van der Waals surface area contributed by atoms with Crippen LogP contribution in [0.15, 0.2) is 5.10 Å². The number of nitrogens with zero attached hydrogens (tertiary/aromatic N) is 1. The van der Waals surface area contributed by atoms with Crippen LogP contribution in [0.25, 0.3) is 0 Å². The summed E-state index contributed by atoms with van der Waals surface area (Å²) in [7, 11) is 0. The van der Waals surface area contributed by atoms with Crippen LogP contribution in [0, 0.1) is 23.2 Å². The monoisotopic (exact) mass is 209 g/mol. The zero-order chi connectivity index (χ0) is 11.2. The Bertz CT molecular complexity index is 322. The van der Waals surface area contributed by atoms with Gasteiger partial charge >= 0.3 is 6.03 Å². The van der Waals surface area contributed by atoms with E-state index in [1.165, 1.54) is 6.42 Å². The first-order valence-corrected chi connectivity index (χ1v) is 5.55. The van der Waals surface area contributed by atoms with Crippen molar-refractivity contribution in [3.05, 3.63) is 0 Å². The number of carbonyl (C=O) groups excluding carboxylic acids is 1. The molecule has 3 rings (SSSR count). The molecule has 4 heteroatoms. The summed E-state index contributed by atoms with van der Waals surface area (Å²) < 4.78 is 0. The summed E-state index contributed by atoms with van der Waals surface area (Å²) in [5, 5.41) is 4.14. The van der Waals surface area contributed by atoms with Crippen LogP contribution in [0.1, 0.15) is 33.6 Å². The van der Waals surface area contributed by atoms with Gasteiger partial charge < -0.3 is 5.73 Å². The van der Waals surface area contributed by atoms with Crippen molar-refractivity contribution >= 4 is 11.7 Å². The summed E-state index contributed by atoms with van der Waals surface area (Å²) >= 11 is 0. The molecule has 4 nitrogen and oxygen atoms in total. The molecule has 3 saturated carbocycles. The maximum absolute atomic E-state index is 10.6. The van der Waals surface area contributed by atoms with Crippen molar-refractivity contribution in [2.45, 2.75) is 33.6 Å². The molecule has 0 radical (unpaired) electrons. The molecule has 84 valence electrons. The Kier molecular flexibility index (Phi) is 2.24. The number of nitrogens with one attached hydrogen (secondary N) is 1. The predicted molar refractivity (Wildman–Crippen MR) is 59.3 cm³/mol. The van der Waals surface area contributed by atoms with Gasteiger partial charge in [-0.15, -0.1) is 0 Å². The Morgan fingerprint density at radius 3 is 2.73 bits per heavy atom. The highest BCUT2D eigenvalue weighted by atomic mass is 16.2. The largest absolute Gasteiger partial charge is 0.350 e. The standard InChI is InChI=1S/C11H19N3O/c1-6-4-9(13-14-10(12)15)8-5-7(6)11(8,2)3/h6-8H,4-5H2,1-3H3,(H3,12,14,15)/b13-9-/t6-,7-,8-/m1/s1. The van der Waals surface area contributed by atoms with Crippen LogP contribution >= 0.6 is 0 Å². The average Bonchev–Trinajstić information content (AvgIpc) is 2.13. The van der Waals surface area contributed by atoms with Crippen molar-refractivity contribution in [2.75, 3.05) is 0 Å². The maximum Gasteiger partial charge on any atom is 0.332 e. The van der Waals surface area contributed by atoms with E-state index in [2.05, 4.69) is 31.3 Å². The van der Waals surface area contributed by atoms with Gasteiger partial charge in [-0.2, -0.15) is 5.10 Å². The third-order valence-electron chi connectivity index (χ3n) is 4.27. The lowest BCUT2D eigenvalue weighted by molar-refractivity contribution is -0.0342. The normalized spacial score (nSPS) is 39.7. The minimum absolute atomic E-state index is 0.343. The molecule has 0 saturated heterocycles. The molecule has 3 N–H and O–H groups in total. The van der Waals surface area contributed by atoms with E-state index in [0.29, 0.717) is 17.3 Å². The number of urea groups is 1. The highest BCUT2D eigenvalue weighted by Crippen LogP contribution is 2.59. The van der Waals surface area contributed by atoms with Gasteiger partial charge in [0.1, 0.15) is 0 Å². The number of nitrogens with two attached hydrogens (primary N) is 1. The number of rotatable bonds is 1. The van der Waals surface area contributed by atoms with Crippen LogP contribution in [0.3, 0.4) is 0 Å². The SMILES string of the molecule is C[C@@H]1C/C(=N/NC(N)=O)[C@H]2C[C@H]1C2(C)C. The lowest BCUT2D eigenvalue weighted by atomic mass is 9.45. The highest BCUT2D eigenvalue weighted by molar-refractivity contribution is 5.91. The molecule has 0 aromatic heterocycles. The van der Waals surface area contributed by atoms with E-state index < -0.39 is 6.03 Å². The van der Waals surface area contributed by atoms with Gasteiger partial charge in [0.05, 0.1) is 0 Å². The van der Waals surface area contributed by atoms with Gasteiger partial charge in [0.25, 0.3) is 0 Å². The summed E-state index contributed by atoms with van der Waals surface area (Å²) in [6.45, 7) is 6.85. The van der Waals surface area contributed by atoms with E-state index in [4.69, 9.17) is 5.73 Å². The van der Waals surface area contributed by atoms with Gasteiger partial charge in [-0.1, -0.05) is 20.8 Å². The molecule has 3 aliphatic rings. The van der Waals surface area contributed by atoms with Crippen LogP contribution in [0.5, 0.6) is 0 Å². The zero-order valence-corrected chi connectivity index (χ0v) is 9.58. The van der Waals surface area contributed by atoms with Gasteiger partial charge in [-0.3, -0.25) is 0 Å². The first-order valence-electron chi connectivity index (χ1n) is 5.55. The molecule has 15 heavy (non-hydrogen) atoms. The number of amides is 2. The number of fused-ring (bicyclic) bond motifs is 2. The van der Waals surface area contributed by atoms with Crippen molar-refractivity contribution in [1.29, 1.82) is 0 Å². The minimum Gasteiger partial charge on any atom is -0.350 e. The first kappa shape index (κ1) is 10.5.